The molecule has 144 valence electrons. The summed E-state index contributed by atoms with van der Waals surface area (Å²) in [5.74, 6) is 0.0215. The average molecular weight is 370 g/mol. The molecule has 5 heteroatoms. The molecule has 0 radical (unpaired) electrons. The first-order chi connectivity index (χ1) is 13.1. The largest absolute Gasteiger partial charge is 0.508 e. The van der Waals surface area contributed by atoms with Gasteiger partial charge < -0.3 is 19.3 Å². The lowest BCUT2D eigenvalue weighted by atomic mass is 9.99. The van der Waals surface area contributed by atoms with Crippen LogP contribution in [0.2, 0.25) is 0 Å². The van der Waals surface area contributed by atoms with E-state index >= 15 is 0 Å². The van der Waals surface area contributed by atoms with E-state index in [-0.39, 0.29) is 30.3 Å². The Morgan fingerprint density at radius 2 is 1.78 bits per heavy atom. The maximum Gasteiger partial charge on any atom is 0.308 e. The maximum atomic E-state index is 11.9. The molecule has 3 rings (SSSR count). The van der Waals surface area contributed by atoms with E-state index in [1.807, 2.05) is 42.5 Å². The molecular weight excluding hydrogens is 344 g/mol. The summed E-state index contributed by atoms with van der Waals surface area (Å²) in [6.45, 7) is 2.17. The van der Waals surface area contributed by atoms with Crippen molar-refractivity contribution in [3.05, 3.63) is 65.7 Å². The van der Waals surface area contributed by atoms with Crippen molar-refractivity contribution < 1.29 is 24.1 Å². The molecule has 1 heterocycles. The van der Waals surface area contributed by atoms with Gasteiger partial charge >= 0.3 is 5.97 Å². The van der Waals surface area contributed by atoms with Crippen LogP contribution < -0.4 is 0 Å². The Bertz CT molecular complexity index is 713. The smallest absolute Gasteiger partial charge is 0.308 e. The Labute approximate surface area is 159 Å². The van der Waals surface area contributed by atoms with Gasteiger partial charge in [-0.3, -0.25) is 4.79 Å². The van der Waals surface area contributed by atoms with E-state index in [1.165, 1.54) is 0 Å². The molecule has 2 aromatic carbocycles. The number of ether oxygens (including phenoxy) is 3. The number of hydrogen-bond donors (Lipinski definition) is 1. The van der Waals surface area contributed by atoms with Gasteiger partial charge in [-0.2, -0.15) is 0 Å². The Hall–Kier alpha value is -2.37. The first-order valence-electron chi connectivity index (χ1n) is 9.43. The number of aromatic hydroxyl groups is 1. The van der Waals surface area contributed by atoms with E-state index in [4.69, 9.17) is 14.2 Å². The molecule has 1 aliphatic rings. The van der Waals surface area contributed by atoms with Gasteiger partial charge in [0.25, 0.3) is 0 Å². The zero-order chi connectivity index (χ0) is 19.1. The van der Waals surface area contributed by atoms with Crippen LogP contribution in [0.4, 0.5) is 0 Å². The SMILES string of the molecule is CCOC(=O)C[C@@H]1C[C@H](CCc2ccc(O)cc2)OC(c2ccccc2)O1. The van der Waals surface area contributed by atoms with Crippen molar-refractivity contribution in [2.45, 2.75) is 51.1 Å². The molecule has 0 spiro atoms. The van der Waals surface area contributed by atoms with Gasteiger partial charge in [-0.25, -0.2) is 0 Å². The van der Waals surface area contributed by atoms with Crippen molar-refractivity contribution in [1.29, 1.82) is 0 Å². The summed E-state index contributed by atoms with van der Waals surface area (Å²) in [5.41, 5.74) is 2.08. The molecule has 0 saturated carbocycles. The molecule has 1 unspecified atom stereocenters. The molecule has 2 aromatic rings. The van der Waals surface area contributed by atoms with Crippen LogP contribution in [-0.4, -0.2) is 29.9 Å². The zero-order valence-corrected chi connectivity index (χ0v) is 15.5. The summed E-state index contributed by atoms with van der Waals surface area (Å²) in [6, 6.07) is 17.0. The molecule has 0 amide bonds. The molecule has 0 bridgehead atoms. The van der Waals surface area contributed by atoms with E-state index in [0.29, 0.717) is 13.0 Å². The normalized spacial score (nSPS) is 22.3. The Morgan fingerprint density at radius 3 is 2.48 bits per heavy atom. The first kappa shape index (κ1) is 19.4. The van der Waals surface area contributed by atoms with Crippen molar-refractivity contribution in [3.8, 4) is 5.75 Å². The monoisotopic (exact) mass is 370 g/mol. The summed E-state index contributed by atoms with van der Waals surface area (Å²) >= 11 is 0. The number of rotatable bonds is 7. The van der Waals surface area contributed by atoms with Crippen LogP contribution in [0.3, 0.4) is 0 Å². The maximum absolute atomic E-state index is 11.9. The number of aryl methyl sites for hydroxylation is 1. The fourth-order valence-electron chi connectivity index (χ4n) is 3.27. The summed E-state index contributed by atoms with van der Waals surface area (Å²) in [7, 11) is 0. The van der Waals surface area contributed by atoms with Crippen LogP contribution in [0.15, 0.2) is 54.6 Å². The van der Waals surface area contributed by atoms with Gasteiger partial charge in [0.05, 0.1) is 25.2 Å². The van der Waals surface area contributed by atoms with Crippen molar-refractivity contribution in [2.24, 2.45) is 0 Å². The lowest BCUT2D eigenvalue weighted by Crippen LogP contribution is -2.35. The van der Waals surface area contributed by atoms with E-state index in [9.17, 15) is 9.90 Å². The van der Waals surface area contributed by atoms with Crippen molar-refractivity contribution in [3.63, 3.8) is 0 Å². The van der Waals surface area contributed by atoms with E-state index in [2.05, 4.69) is 0 Å². The van der Waals surface area contributed by atoms with Crippen LogP contribution in [-0.2, 0) is 25.4 Å². The number of carbonyl (C=O) groups excluding carboxylic acids is 1. The molecule has 1 N–H and O–H groups in total. The van der Waals surface area contributed by atoms with E-state index in [0.717, 1.165) is 24.0 Å². The predicted octanol–water partition coefficient (Wildman–Crippen LogP) is 4.15. The highest BCUT2D eigenvalue weighted by molar-refractivity contribution is 5.69. The highest BCUT2D eigenvalue weighted by Crippen LogP contribution is 2.33. The Morgan fingerprint density at radius 1 is 1.07 bits per heavy atom. The molecule has 27 heavy (non-hydrogen) atoms. The van der Waals surface area contributed by atoms with Crippen LogP contribution >= 0.6 is 0 Å². The third kappa shape index (κ3) is 5.81. The third-order valence-corrected chi connectivity index (χ3v) is 4.62. The molecule has 3 atom stereocenters. The fraction of sp³-hybridized carbons (Fsp3) is 0.409. The third-order valence-electron chi connectivity index (χ3n) is 4.62. The summed E-state index contributed by atoms with van der Waals surface area (Å²) < 4.78 is 17.3. The zero-order valence-electron chi connectivity index (χ0n) is 15.5. The van der Waals surface area contributed by atoms with Crippen molar-refractivity contribution >= 4 is 5.97 Å². The summed E-state index contributed by atoms with van der Waals surface area (Å²) in [5, 5.41) is 9.41. The highest BCUT2D eigenvalue weighted by Gasteiger charge is 2.32. The van der Waals surface area contributed by atoms with Gasteiger partial charge in [0.15, 0.2) is 6.29 Å². The molecule has 0 aromatic heterocycles. The number of esters is 1. The minimum atomic E-state index is -0.482. The number of phenolic OH excluding ortho intramolecular Hbond substituents is 1. The van der Waals surface area contributed by atoms with Crippen LogP contribution in [0, 0.1) is 0 Å². The average Bonchev–Trinajstić information content (AvgIpc) is 2.68. The lowest BCUT2D eigenvalue weighted by molar-refractivity contribution is -0.250. The first-order valence-corrected chi connectivity index (χ1v) is 9.43. The molecule has 5 nitrogen and oxygen atoms in total. The molecule has 1 fully saturated rings. The molecule has 0 aliphatic carbocycles. The van der Waals surface area contributed by atoms with Crippen LogP contribution in [0.5, 0.6) is 5.75 Å². The predicted molar refractivity (Wildman–Crippen MR) is 101 cm³/mol. The van der Waals surface area contributed by atoms with Crippen molar-refractivity contribution in [2.75, 3.05) is 6.61 Å². The molecular formula is C22H26O5. The second-order valence-corrected chi connectivity index (χ2v) is 6.71. The standard InChI is InChI=1S/C22H26O5/c1-2-25-21(24)15-20-14-19(13-10-16-8-11-18(23)12-9-16)26-22(27-20)17-6-4-3-5-7-17/h3-9,11-12,19-20,22-23H,2,10,13-15H2,1H3/t19-,20-,22?/m0/s1. The van der Waals surface area contributed by atoms with Gasteiger partial charge in [0, 0.05) is 12.0 Å². The Balaban J connectivity index is 1.65. The van der Waals surface area contributed by atoms with E-state index < -0.39 is 6.29 Å². The van der Waals surface area contributed by atoms with Gasteiger partial charge in [0.1, 0.15) is 5.75 Å². The van der Waals surface area contributed by atoms with Crippen molar-refractivity contribution in [1.82, 2.24) is 0 Å². The van der Waals surface area contributed by atoms with Crippen LogP contribution in [0.1, 0.15) is 43.6 Å². The minimum absolute atomic E-state index is 0.0165. The quantitative estimate of drug-likeness (QED) is 0.742. The number of hydrogen-bond acceptors (Lipinski definition) is 5. The molecule has 1 aliphatic heterocycles. The topological polar surface area (TPSA) is 65.0 Å². The van der Waals surface area contributed by atoms with Gasteiger partial charge in [-0.1, -0.05) is 42.5 Å². The second kappa shape index (κ2) is 9.53. The summed E-state index contributed by atoms with van der Waals surface area (Å²) in [6.07, 6.45) is 1.81. The minimum Gasteiger partial charge on any atom is -0.508 e. The number of benzene rings is 2. The second-order valence-electron chi connectivity index (χ2n) is 6.71. The van der Waals surface area contributed by atoms with Gasteiger partial charge in [-0.15, -0.1) is 0 Å². The Kier molecular flexibility index (Phi) is 6.85. The highest BCUT2D eigenvalue weighted by atomic mass is 16.7. The van der Waals surface area contributed by atoms with E-state index in [1.54, 1.807) is 19.1 Å². The van der Waals surface area contributed by atoms with Gasteiger partial charge in [0.2, 0.25) is 0 Å². The van der Waals surface area contributed by atoms with Crippen LogP contribution in [0.25, 0.3) is 0 Å². The number of phenols is 1. The lowest BCUT2D eigenvalue weighted by Gasteiger charge is -2.35. The van der Waals surface area contributed by atoms with Gasteiger partial charge in [-0.05, 0) is 37.5 Å². The molecule has 1 saturated heterocycles. The number of carbonyl (C=O) groups is 1. The fourth-order valence-corrected chi connectivity index (χ4v) is 3.27. The summed E-state index contributed by atoms with van der Waals surface area (Å²) in [4.78, 5) is 11.9.